The summed E-state index contributed by atoms with van der Waals surface area (Å²) in [6.07, 6.45) is 2.62. The molecule has 22 heavy (non-hydrogen) atoms. The van der Waals surface area contributed by atoms with Gasteiger partial charge >= 0.3 is 12.0 Å². The Balaban J connectivity index is 2.23. The second kappa shape index (κ2) is 9.89. The van der Waals surface area contributed by atoms with Gasteiger partial charge in [-0.2, -0.15) is 0 Å². The Morgan fingerprint density at radius 1 is 1.27 bits per heavy atom. The van der Waals surface area contributed by atoms with Crippen LogP contribution >= 0.6 is 11.6 Å². The molecule has 0 saturated heterocycles. The number of benzene rings is 1. The second-order valence-corrected chi connectivity index (χ2v) is 5.15. The largest absolute Gasteiger partial charge is 0.496 e. The predicted molar refractivity (Wildman–Crippen MR) is 83.9 cm³/mol. The maximum absolute atomic E-state index is 11.7. The number of halogens is 1. The molecule has 2 amide bonds. The van der Waals surface area contributed by atoms with Crippen LogP contribution in [0.25, 0.3) is 0 Å². The van der Waals surface area contributed by atoms with E-state index in [1.807, 2.05) is 0 Å². The molecule has 0 aromatic heterocycles. The lowest BCUT2D eigenvalue weighted by atomic mass is 10.2. The van der Waals surface area contributed by atoms with Crippen molar-refractivity contribution < 1.29 is 19.1 Å². The number of unbranched alkanes of at least 4 members (excludes halogenated alkanes) is 2. The summed E-state index contributed by atoms with van der Waals surface area (Å²) in [7, 11) is 1.55. The van der Waals surface area contributed by atoms with Gasteiger partial charge in [0.05, 0.1) is 7.11 Å². The van der Waals surface area contributed by atoms with Crippen molar-refractivity contribution in [1.82, 2.24) is 5.32 Å². The summed E-state index contributed by atoms with van der Waals surface area (Å²) < 4.78 is 10.4. The number of ether oxygens (including phenoxy) is 2. The number of urea groups is 1. The molecule has 0 aliphatic carbocycles. The number of esters is 1. The molecule has 0 aliphatic rings. The third-order valence-electron chi connectivity index (χ3n) is 2.99. The number of carbonyl (C=O) groups is 2. The molecule has 3 N–H and O–H groups in total. The highest BCUT2D eigenvalue weighted by molar-refractivity contribution is 6.30. The van der Waals surface area contributed by atoms with E-state index in [1.165, 1.54) is 0 Å². The molecule has 0 fully saturated rings. The van der Waals surface area contributed by atoms with E-state index in [4.69, 9.17) is 26.8 Å². The first-order valence-electron chi connectivity index (χ1n) is 7.04. The van der Waals surface area contributed by atoms with Gasteiger partial charge in [0.25, 0.3) is 0 Å². The lowest BCUT2D eigenvalue weighted by Crippen LogP contribution is -2.29. The normalized spacial score (nSPS) is 10.1. The van der Waals surface area contributed by atoms with Gasteiger partial charge in [-0.3, -0.25) is 4.79 Å². The van der Waals surface area contributed by atoms with Crippen LogP contribution in [0.3, 0.4) is 0 Å². The monoisotopic (exact) mass is 328 g/mol. The van der Waals surface area contributed by atoms with Gasteiger partial charge in [0.2, 0.25) is 0 Å². The zero-order valence-electron chi connectivity index (χ0n) is 12.6. The Morgan fingerprint density at radius 2 is 2.05 bits per heavy atom. The molecule has 7 heteroatoms. The van der Waals surface area contributed by atoms with Crippen LogP contribution in [0.4, 0.5) is 4.79 Å². The minimum atomic E-state index is -0.533. The number of amides is 2. The molecular formula is C15H21ClN2O4. The highest BCUT2D eigenvalue weighted by atomic mass is 35.5. The number of nitrogens with one attached hydrogen (secondary N) is 1. The molecule has 0 spiro atoms. The van der Waals surface area contributed by atoms with E-state index in [0.717, 1.165) is 18.4 Å². The summed E-state index contributed by atoms with van der Waals surface area (Å²) in [5.74, 6) is 0.361. The fourth-order valence-corrected chi connectivity index (χ4v) is 2.07. The maximum Gasteiger partial charge on any atom is 0.312 e. The van der Waals surface area contributed by atoms with Crippen LogP contribution < -0.4 is 15.8 Å². The van der Waals surface area contributed by atoms with Crippen molar-refractivity contribution in [3.8, 4) is 5.75 Å². The van der Waals surface area contributed by atoms with E-state index >= 15 is 0 Å². The number of methoxy groups -OCH3 is 1. The summed E-state index contributed by atoms with van der Waals surface area (Å²) in [4.78, 5) is 22.1. The smallest absolute Gasteiger partial charge is 0.312 e. The predicted octanol–water partition coefficient (Wildman–Crippen LogP) is 2.62. The van der Waals surface area contributed by atoms with Crippen molar-refractivity contribution in [2.24, 2.45) is 5.73 Å². The van der Waals surface area contributed by atoms with Gasteiger partial charge in [0, 0.05) is 23.6 Å². The number of hydrogen-bond donors (Lipinski definition) is 2. The van der Waals surface area contributed by atoms with E-state index in [1.54, 1.807) is 25.3 Å². The molecule has 0 unspecified atom stereocenters. The summed E-state index contributed by atoms with van der Waals surface area (Å²) in [5.41, 5.74) is 5.67. The topological polar surface area (TPSA) is 90.7 Å². The Hall–Kier alpha value is -1.95. The molecule has 1 aromatic rings. The fourth-order valence-electron chi connectivity index (χ4n) is 1.87. The van der Waals surface area contributed by atoms with E-state index in [-0.39, 0.29) is 12.6 Å². The van der Waals surface area contributed by atoms with E-state index in [9.17, 15) is 9.59 Å². The third-order valence-corrected chi connectivity index (χ3v) is 3.22. The summed E-state index contributed by atoms with van der Waals surface area (Å²) >= 11 is 5.91. The van der Waals surface area contributed by atoms with Crippen LogP contribution in [-0.2, 0) is 16.1 Å². The number of hydrogen-bond acceptors (Lipinski definition) is 4. The average Bonchev–Trinajstić information content (AvgIpc) is 2.48. The minimum Gasteiger partial charge on any atom is -0.496 e. The quantitative estimate of drug-likeness (QED) is 0.538. The van der Waals surface area contributed by atoms with Crippen molar-refractivity contribution in [2.75, 3.05) is 13.7 Å². The maximum atomic E-state index is 11.7. The summed E-state index contributed by atoms with van der Waals surface area (Å²) in [5, 5.41) is 3.06. The average molecular weight is 329 g/mol. The highest BCUT2D eigenvalue weighted by Gasteiger charge is 2.08. The van der Waals surface area contributed by atoms with Gasteiger partial charge in [0.1, 0.15) is 12.4 Å². The molecule has 0 radical (unpaired) electrons. The van der Waals surface area contributed by atoms with Gasteiger partial charge in [0.15, 0.2) is 0 Å². The van der Waals surface area contributed by atoms with Gasteiger partial charge in [-0.1, -0.05) is 18.0 Å². The number of nitrogens with two attached hydrogens (primary N) is 1. The van der Waals surface area contributed by atoms with Gasteiger partial charge in [-0.15, -0.1) is 0 Å². The van der Waals surface area contributed by atoms with Crippen molar-refractivity contribution in [3.05, 3.63) is 28.8 Å². The molecule has 122 valence electrons. The highest BCUT2D eigenvalue weighted by Crippen LogP contribution is 2.23. The van der Waals surface area contributed by atoms with Crippen molar-refractivity contribution in [1.29, 1.82) is 0 Å². The SMILES string of the molecule is COc1ccc(Cl)cc1COC(=O)CCCCCNC(N)=O. The molecule has 0 aliphatic heterocycles. The summed E-state index contributed by atoms with van der Waals surface area (Å²) in [6, 6.07) is 4.63. The number of rotatable bonds is 9. The Kier molecular flexibility index (Phi) is 8.14. The number of carbonyl (C=O) groups excluding carboxylic acids is 2. The first-order valence-corrected chi connectivity index (χ1v) is 7.42. The minimum absolute atomic E-state index is 0.131. The molecule has 6 nitrogen and oxygen atoms in total. The van der Waals surface area contributed by atoms with Crippen LogP contribution in [-0.4, -0.2) is 25.7 Å². The van der Waals surface area contributed by atoms with E-state index in [0.29, 0.717) is 30.2 Å². The molecular weight excluding hydrogens is 308 g/mol. The standard InChI is InChI=1S/C15H21ClN2O4/c1-21-13-7-6-12(16)9-11(13)10-22-14(19)5-3-2-4-8-18-15(17)20/h6-7,9H,2-5,8,10H2,1H3,(H3,17,18,20). The molecule has 1 aromatic carbocycles. The molecule has 0 heterocycles. The van der Waals surface area contributed by atoms with Crippen molar-refractivity contribution in [2.45, 2.75) is 32.3 Å². The molecule has 0 bridgehead atoms. The third kappa shape index (κ3) is 7.17. The first kappa shape index (κ1) is 18.1. The van der Waals surface area contributed by atoms with Crippen molar-refractivity contribution >= 4 is 23.6 Å². The lowest BCUT2D eigenvalue weighted by Gasteiger charge is -2.10. The van der Waals surface area contributed by atoms with Crippen LogP contribution in [0, 0.1) is 0 Å². The Bertz CT molecular complexity index is 508. The zero-order chi connectivity index (χ0) is 16.4. The van der Waals surface area contributed by atoms with Crippen molar-refractivity contribution in [3.63, 3.8) is 0 Å². The van der Waals surface area contributed by atoms with Crippen LogP contribution in [0.1, 0.15) is 31.2 Å². The van der Waals surface area contributed by atoms with Gasteiger partial charge in [-0.25, -0.2) is 4.79 Å². The lowest BCUT2D eigenvalue weighted by molar-refractivity contribution is -0.145. The summed E-state index contributed by atoms with van der Waals surface area (Å²) in [6.45, 7) is 0.649. The van der Waals surface area contributed by atoms with Gasteiger partial charge < -0.3 is 20.5 Å². The van der Waals surface area contributed by atoms with Crippen LogP contribution in [0.15, 0.2) is 18.2 Å². The van der Waals surface area contributed by atoms with Crippen LogP contribution in [0.2, 0.25) is 5.02 Å². The Labute approximate surface area is 134 Å². The number of primary amides is 1. The molecule has 1 rings (SSSR count). The first-order chi connectivity index (χ1) is 10.5. The van der Waals surface area contributed by atoms with Gasteiger partial charge in [-0.05, 0) is 31.0 Å². The zero-order valence-corrected chi connectivity index (χ0v) is 13.3. The second-order valence-electron chi connectivity index (χ2n) is 4.72. The van der Waals surface area contributed by atoms with Crippen LogP contribution in [0.5, 0.6) is 5.75 Å². The molecule has 0 atom stereocenters. The Morgan fingerprint density at radius 3 is 2.73 bits per heavy atom. The van der Waals surface area contributed by atoms with E-state index < -0.39 is 6.03 Å². The molecule has 0 saturated carbocycles. The fraction of sp³-hybridized carbons (Fsp3) is 0.467. The van der Waals surface area contributed by atoms with E-state index in [2.05, 4.69) is 5.32 Å².